The van der Waals surface area contributed by atoms with Crippen molar-refractivity contribution in [2.24, 2.45) is 0 Å². The zero-order valence-electron chi connectivity index (χ0n) is 9.94. The first-order valence-corrected chi connectivity index (χ1v) is 6.33. The Balaban J connectivity index is 2.11. The summed E-state index contributed by atoms with van der Waals surface area (Å²) in [5.74, 6) is -0.670. The normalized spacial score (nSPS) is 10.8. The summed E-state index contributed by atoms with van der Waals surface area (Å²) in [5, 5.41) is 7.05. The Morgan fingerprint density at radius 1 is 1.37 bits per heavy atom. The molecule has 0 radical (unpaired) electrons. The van der Waals surface area contributed by atoms with Gasteiger partial charge in [0.25, 0.3) is 0 Å². The zero-order valence-corrected chi connectivity index (χ0v) is 10.8. The number of thiophene rings is 1. The predicted octanol–water partition coefficient (Wildman–Crippen LogP) is 3.22. The molecule has 0 saturated carbocycles. The highest BCUT2D eigenvalue weighted by molar-refractivity contribution is 7.21. The van der Waals surface area contributed by atoms with Gasteiger partial charge in [0.1, 0.15) is 16.4 Å². The largest absolute Gasteiger partial charge is 0.465 e. The van der Waals surface area contributed by atoms with Gasteiger partial charge in [-0.05, 0) is 30.3 Å². The highest BCUT2D eigenvalue weighted by Crippen LogP contribution is 2.33. The molecule has 6 heteroatoms. The van der Waals surface area contributed by atoms with Crippen LogP contribution in [0.25, 0.3) is 21.5 Å². The lowest BCUT2D eigenvalue weighted by Crippen LogP contribution is -1.96. The fraction of sp³-hybridized carbons (Fsp3) is 0.0769. The van der Waals surface area contributed by atoms with Gasteiger partial charge in [-0.3, -0.25) is 5.10 Å². The fourth-order valence-electron chi connectivity index (χ4n) is 1.82. The van der Waals surface area contributed by atoms with Crippen LogP contribution in [0.3, 0.4) is 0 Å². The number of nitrogens with one attached hydrogen (secondary N) is 1. The molecular formula is C13H9FN2O2S. The number of nitrogens with zero attached hydrogens (tertiary/aromatic N) is 1. The van der Waals surface area contributed by atoms with Crippen molar-refractivity contribution in [1.29, 1.82) is 0 Å². The maximum Gasteiger partial charge on any atom is 0.348 e. The van der Waals surface area contributed by atoms with Gasteiger partial charge in [-0.25, -0.2) is 9.18 Å². The van der Waals surface area contributed by atoms with Gasteiger partial charge in [0.05, 0.1) is 17.3 Å². The minimum atomic E-state index is -0.375. The van der Waals surface area contributed by atoms with E-state index in [1.807, 2.05) is 0 Å². The number of carbonyl (C=O) groups is 1. The van der Waals surface area contributed by atoms with Gasteiger partial charge in [-0.15, -0.1) is 11.3 Å². The summed E-state index contributed by atoms with van der Waals surface area (Å²) in [6.07, 6.45) is 0. The summed E-state index contributed by atoms with van der Waals surface area (Å²) in [7, 11) is 1.34. The highest BCUT2D eigenvalue weighted by atomic mass is 32.1. The second-order valence-corrected chi connectivity index (χ2v) is 4.98. The molecule has 0 amide bonds. The van der Waals surface area contributed by atoms with E-state index in [2.05, 4.69) is 14.9 Å². The molecule has 0 aliphatic carbocycles. The van der Waals surface area contributed by atoms with E-state index >= 15 is 0 Å². The van der Waals surface area contributed by atoms with Gasteiger partial charge < -0.3 is 4.74 Å². The Hall–Kier alpha value is -2.21. The Kier molecular flexibility index (Phi) is 2.79. The van der Waals surface area contributed by atoms with Crippen molar-refractivity contribution in [1.82, 2.24) is 10.2 Å². The van der Waals surface area contributed by atoms with Gasteiger partial charge in [-0.2, -0.15) is 5.10 Å². The summed E-state index contributed by atoms with van der Waals surface area (Å²) in [6.45, 7) is 0. The van der Waals surface area contributed by atoms with Crippen molar-refractivity contribution in [3.63, 3.8) is 0 Å². The summed E-state index contributed by atoms with van der Waals surface area (Å²) in [4.78, 5) is 12.0. The number of esters is 1. The molecule has 0 aliphatic rings. The Labute approximate surface area is 111 Å². The van der Waals surface area contributed by atoms with Crippen LogP contribution in [0.5, 0.6) is 0 Å². The van der Waals surface area contributed by atoms with Crippen molar-refractivity contribution < 1.29 is 13.9 Å². The number of fused-ring (bicyclic) bond motifs is 1. The lowest BCUT2D eigenvalue weighted by atomic mass is 10.1. The number of hydrogen-bond acceptors (Lipinski definition) is 4. The van der Waals surface area contributed by atoms with E-state index in [0.717, 1.165) is 15.8 Å². The van der Waals surface area contributed by atoms with Crippen molar-refractivity contribution >= 4 is 27.5 Å². The van der Waals surface area contributed by atoms with Crippen LogP contribution in [-0.2, 0) is 4.74 Å². The van der Waals surface area contributed by atoms with Crippen LogP contribution in [0.1, 0.15) is 9.67 Å². The summed E-state index contributed by atoms with van der Waals surface area (Å²) < 4.78 is 18.4. The number of halogens is 1. The van der Waals surface area contributed by atoms with E-state index < -0.39 is 0 Å². The highest BCUT2D eigenvalue weighted by Gasteiger charge is 2.16. The summed E-state index contributed by atoms with van der Waals surface area (Å²) in [6, 6.07) is 7.77. The Bertz CT molecular complexity index is 746. The van der Waals surface area contributed by atoms with E-state index in [-0.39, 0.29) is 11.8 Å². The molecule has 0 atom stereocenters. The second kappa shape index (κ2) is 4.47. The molecule has 0 unspecified atom stereocenters. The average Bonchev–Trinajstić information content (AvgIpc) is 2.99. The Morgan fingerprint density at radius 2 is 2.11 bits per heavy atom. The predicted molar refractivity (Wildman–Crippen MR) is 70.7 cm³/mol. The maximum atomic E-state index is 12.9. The van der Waals surface area contributed by atoms with Crippen molar-refractivity contribution in [2.75, 3.05) is 7.11 Å². The second-order valence-electron chi connectivity index (χ2n) is 3.92. The minimum Gasteiger partial charge on any atom is -0.465 e. The number of methoxy groups -OCH3 is 1. The molecule has 3 rings (SSSR count). The maximum absolute atomic E-state index is 12.9. The molecule has 2 aromatic heterocycles. The molecule has 96 valence electrons. The van der Waals surface area contributed by atoms with Crippen LogP contribution in [0, 0.1) is 5.82 Å². The molecule has 3 aromatic rings. The number of aromatic nitrogens is 2. The number of hydrogen-bond donors (Lipinski definition) is 1. The first-order valence-electron chi connectivity index (χ1n) is 5.51. The molecule has 1 aromatic carbocycles. The minimum absolute atomic E-state index is 0.294. The van der Waals surface area contributed by atoms with Gasteiger partial charge in [0, 0.05) is 5.56 Å². The Morgan fingerprint density at radius 3 is 2.79 bits per heavy atom. The molecule has 19 heavy (non-hydrogen) atoms. The fourth-order valence-corrected chi connectivity index (χ4v) is 2.86. The van der Waals surface area contributed by atoms with Gasteiger partial charge in [0.15, 0.2) is 0 Å². The molecule has 0 saturated heterocycles. The zero-order chi connectivity index (χ0) is 13.4. The first kappa shape index (κ1) is 11.9. The monoisotopic (exact) mass is 276 g/mol. The molecule has 0 fully saturated rings. The van der Waals surface area contributed by atoms with E-state index in [0.29, 0.717) is 10.6 Å². The number of benzene rings is 1. The summed E-state index contributed by atoms with van der Waals surface area (Å²) in [5.41, 5.74) is 2.27. The van der Waals surface area contributed by atoms with Crippen LogP contribution < -0.4 is 0 Å². The lowest BCUT2D eigenvalue weighted by Gasteiger charge is -1.96. The number of rotatable bonds is 2. The molecule has 0 bridgehead atoms. The molecule has 0 aliphatic heterocycles. The van der Waals surface area contributed by atoms with Crippen molar-refractivity contribution in [3.8, 4) is 11.3 Å². The lowest BCUT2D eigenvalue weighted by molar-refractivity contribution is 0.0606. The van der Waals surface area contributed by atoms with Crippen LogP contribution in [0.15, 0.2) is 30.3 Å². The third-order valence-electron chi connectivity index (χ3n) is 2.74. The van der Waals surface area contributed by atoms with E-state index in [1.165, 1.54) is 30.6 Å². The molecular weight excluding hydrogens is 267 g/mol. The van der Waals surface area contributed by atoms with Gasteiger partial charge in [-0.1, -0.05) is 0 Å². The first-order chi connectivity index (χ1) is 9.19. The smallest absolute Gasteiger partial charge is 0.348 e. The molecule has 4 nitrogen and oxygen atoms in total. The van der Waals surface area contributed by atoms with Crippen LogP contribution >= 0.6 is 11.3 Å². The average molecular weight is 276 g/mol. The summed E-state index contributed by atoms with van der Waals surface area (Å²) >= 11 is 1.30. The number of H-pyrrole nitrogens is 1. The number of ether oxygens (including phenoxy) is 1. The van der Waals surface area contributed by atoms with Crippen LogP contribution in [-0.4, -0.2) is 23.3 Å². The van der Waals surface area contributed by atoms with Gasteiger partial charge in [0.2, 0.25) is 0 Å². The number of carbonyl (C=O) groups excluding carboxylic acids is 1. The SMILES string of the molecule is COC(=O)c1cc2[nH]nc(-c3ccc(F)cc3)c2s1. The third kappa shape index (κ3) is 2.00. The topological polar surface area (TPSA) is 55.0 Å². The standard InChI is InChI=1S/C13H9FN2O2S/c1-18-13(17)10-6-9-12(19-10)11(16-15-9)7-2-4-8(14)5-3-7/h2-6H,1H3,(H,15,16). The third-order valence-corrected chi connectivity index (χ3v) is 3.86. The van der Waals surface area contributed by atoms with E-state index in [9.17, 15) is 9.18 Å². The number of aromatic amines is 1. The van der Waals surface area contributed by atoms with Crippen molar-refractivity contribution in [3.05, 3.63) is 41.0 Å². The van der Waals surface area contributed by atoms with Crippen LogP contribution in [0.2, 0.25) is 0 Å². The van der Waals surface area contributed by atoms with Gasteiger partial charge >= 0.3 is 5.97 Å². The van der Waals surface area contributed by atoms with E-state index in [4.69, 9.17) is 0 Å². The van der Waals surface area contributed by atoms with Crippen molar-refractivity contribution in [2.45, 2.75) is 0 Å². The molecule has 2 heterocycles. The van der Waals surface area contributed by atoms with Crippen LogP contribution in [0.4, 0.5) is 4.39 Å². The molecule has 1 N–H and O–H groups in total. The molecule has 0 spiro atoms. The van der Waals surface area contributed by atoms with E-state index in [1.54, 1.807) is 18.2 Å². The quantitative estimate of drug-likeness (QED) is 0.731.